The molecule has 13 heavy (non-hydrogen) atoms. The smallest absolute Gasteiger partial charge is 0.211 e. The number of hydrogen-bond acceptors (Lipinski definition) is 3. The highest BCUT2D eigenvalue weighted by Crippen LogP contribution is 2.24. The van der Waals surface area contributed by atoms with E-state index in [9.17, 15) is 0 Å². The second-order valence-corrected chi connectivity index (χ2v) is 3.56. The maximum absolute atomic E-state index is 5.62. The topological polar surface area (TPSA) is 38.1 Å². The normalized spacial score (nSPS) is 22.5. The SMILES string of the molecule is CCc1nc(C2CCCN2)oc1C. The van der Waals surface area contributed by atoms with Crippen molar-refractivity contribution in [2.24, 2.45) is 0 Å². The van der Waals surface area contributed by atoms with E-state index in [2.05, 4.69) is 17.2 Å². The molecule has 72 valence electrons. The molecular formula is C10H16N2O. The summed E-state index contributed by atoms with van der Waals surface area (Å²) in [6.07, 6.45) is 3.35. The van der Waals surface area contributed by atoms with Gasteiger partial charge in [0.25, 0.3) is 0 Å². The van der Waals surface area contributed by atoms with E-state index in [1.807, 2.05) is 6.92 Å². The largest absolute Gasteiger partial charge is 0.444 e. The molecule has 1 aliphatic heterocycles. The second-order valence-electron chi connectivity index (χ2n) is 3.56. The predicted molar refractivity (Wildman–Crippen MR) is 50.6 cm³/mol. The first kappa shape index (κ1) is 8.75. The highest BCUT2D eigenvalue weighted by molar-refractivity contribution is 5.10. The standard InChI is InChI=1S/C10H16N2O/c1-3-8-7(2)13-10(12-8)9-5-4-6-11-9/h9,11H,3-6H2,1-2H3. The summed E-state index contributed by atoms with van der Waals surface area (Å²) in [6, 6.07) is 0.360. The fourth-order valence-electron chi connectivity index (χ4n) is 1.82. The van der Waals surface area contributed by atoms with Crippen LogP contribution in [0.25, 0.3) is 0 Å². The molecule has 0 radical (unpaired) electrons. The zero-order chi connectivity index (χ0) is 9.26. The Balaban J connectivity index is 2.20. The summed E-state index contributed by atoms with van der Waals surface area (Å²) in [6.45, 7) is 5.19. The molecular weight excluding hydrogens is 164 g/mol. The molecule has 1 fully saturated rings. The molecule has 0 amide bonds. The van der Waals surface area contributed by atoms with Gasteiger partial charge in [0.1, 0.15) is 5.76 Å². The summed E-state index contributed by atoms with van der Waals surface area (Å²) in [7, 11) is 0. The van der Waals surface area contributed by atoms with Crippen LogP contribution >= 0.6 is 0 Å². The van der Waals surface area contributed by atoms with E-state index in [0.717, 1.165) is 36.7 Å². The van der Waals surface area contributed by atoms with Crippen LogP contribution in [-0.4, -0.2) is 11.5 Å². The third kappa shape index (κ3) is 1.61. The Labute approximate surface area is 78.5 Å². The molecule has 1 saturated heterocycles. The van der Waals surface area contributed by atoms with Gasteiger partial charge in [0.15, 0.2) is 0 Å². The molecule has 1 aromatic heterocycles. The molecule has 3 heteroatoms. The Morgan fingerprint density at radius 3 is 3.00 bits per heavy atom. The van der Waals surface area contributed by atoms with E-state index < -0.39 is 0 Å². The van der Waals surface area contributed by atoms with Crippen molar-refractivity contribution < 1.29 is 4.42 Å². The van der Waals surface area contributed by atoms with Gasteiger partial charge in [-0.05, 0) is 32.7 Å². The summed E-state index contributed by atoms with van der Waals surface area (Å²) in [5, 5.41) is 3.38. The highest BCUT2D eigenvalue weighted by atomic mass is 16.4. The van der Waals surface area contributed by atoms with Crippen LogP contribution in [0.2, 0.25) is 0 Å². The van der Waals surface area contributed by atoms with Crippen molar-refractivity contribution in [3.8, 4) is 0 Å². The summed E-state index contributed by atoms with van der Waals surface area (Å²) >= 11 is 0. The number of rotatable bonds is 2. The van der Waals surface area contributed by atoms with E-state index in [-0.39, 0.29) is 0 Å². The van der Waals surface area contributed by atoms with Crippen LogP contribution in [-0.2, 0) is 6.42 Å². The molecule has 1 atom stereocenters. The van der Waals surface area contributed by atoms with E-state index in [1.54, 1.807) is 0 Å². The lowest BCUT2D eigenvalue weighted by Crippen LogP contribution is -2.13. The third-order valence-corrected chi connectivity index (χ3v) is 2.60. The molecule has 1 unspecified atom stereocenters. The minimum atomic E-state index is 0.360. The zero-order valence-electron chi connectivity index (χ0n) is 8.26. The maximum Gasteiger partial charge on any atom is 0.211 e. The average Bonchev–Trinajstić information content (AvgIpc) is 2.71. The van der Waals surface area contributed by atoms with Crippen molar-refractivity contribution in [1.82, 2.24) is 10.3 Å². The first-order valence-electron chi connectivity index (χ1n) is 5.01. The molecule has 1 N–H and O–H groups in total. The van der Waals surface area contributed by atoms with Gasteiger partial charge in [-0.1, -0.05) is 6.92 Å². The monoisotopic (exact) mass is 180 g/mol. The van der Waals surface area contributed by atoms with Crippen molar-refractivity contribution in [1.29, 1.82) is 0 Å². The van der Waals surface area contributed by atoms with Crippen LogP contribution in [0, 0.1) is 6.92 Å². The molecule has 3 nitrogen and oxygen atoms in total. The van der Waals surface area contributed by atoms with E-state index in [4.69, 9.17) is 4.42 Å². The lowest BCUT2D eigenvalue weighted by atomic mass is 10.2. The van der Waals surface area contributed by atoms with Gasteiger partial charge in [-0.15, -0.1) is 0 Å². The van der Waals surface area contributed by atoms with Crippen LogP contribution in [0.15, 0.2) is 4.42 Å². The highest BCUT2D eigenvalue weighted by Gasteiger charge is 2.21. The molecule has 0 spiro atoms. The minimum Gasteiger partial charge on any atom is -0.444 e. The fraction of sp³-hybridized carbons (Fsp3) is 0.700. The molecule has 0 saturated carbocycles. The van der Waals surface area contributed by atoms with Gasteiger partial charge in [0, 0.05) is 0 Å². The van der Waals surface area contributed by atoms with Gasteiger partial charge in [0.2, 0.25) is 5.89 Å². The van der Waals surface area contributed by atoms with Crippen LogP contribution in [0.4, 0.5) is 0 Å². The quantitative estimate of drug-likeness (QED) is 0.756. The van der Waals surface area contributed by atoms with Gasteiger partial charge in [-0.25, -0.2) is 4.98 Å². The van der Waals surface area contributed by atoms with Crippen molar-refractivity contribution in [3.05, 3.63) is 17.3 Å². The first-order valence-corrected chi connectivity index (χ1v) is 5.01. The number of nitrogens with zero attached hydrogens (tertiary/aromatic N) is 1. The Bertz CT molecular complexity index is 287. The van der Waals surface area contributed by atoms with Crippen LogP contribution in [0.5, 0.6) is 0 Å². The van der Waals surface area contributed by atoms with Gasteiger partial charge in [0.05, 0.1) is 11.7 Å². The van der Waals surface area contributed by atoms with E-state index >= 15 is 0 Å². The average molecular weight is 180 g/mol. The molecule has 0 aliphatic carbocycles. The number of hydrogen-bond donors (Lipinski definition) is 1. The van der Waals surface area contributed by atoms with Crippen LogP contribution < -0.4 is 5.32 Å². The predicted octanol–water partition coefficient (Wildman–Crippen LogP) is 1.97. The van der Waals surface area contributed by atoms with Crippen LogP contribution in [0.3, 0.4) is 0 Å². The van der Waals surface area contributed by atoms with Gasteiger partial charge >= 0.3 is 0 Å². The summed E-state index contributed by atoms with van der Waals surface area (Å²) < 4.78 is 5.62. The Hall–Kier alpha value is -0.830. The number of oxazole rings is 1. The molecule has 1 aromatic rings. The van der Waals surface area contributed by atoms with Gasteiger partial charge in [-0.3, -0.25) is 0 Å². The second kappa shape index (κ2) is 3.50. The molecule has 2 rings (SSSR count). The number of aryl methyl sites for hydroxylation is 2. The molecule has 0 aromatic carbocycles. The number of nitrogens with one attached hydrogen (secondary N) is 1. The van der Waals surface area contributed by atoms with E-state index in [1.165, 1.54) is 6.42 Å². The number of aromatic nitrogens is 1. The van der Waals surface area contributed by atoms with Crippen molar-refractivity contribution in [2.45, 2.75) is 39.2 Å². The van der Waals surface area contributed by atoms with Gasteiger partial charge in [-0.2, -0.15) is 0 Å². The lowest BCUT2D eigenvalue weighted by molar-refractivity contribution is 0.414. The Kier molecular flexibility index (Phi) is 2.36. The maximum atomic E-state index is 5.62. The van der Waals surface area contributed by atoms with Gasteiger partial charge < -0.3 is 9.73 Å². The molecule has 2 heterocycles. The molecule has 1 aliphatic rings. The van der Waals surface area contributed by atoms with E-state index in [0.29, 0.717) is 6.04 Å². The first-order chi connectivity index (χ1) is 6.31. The van der Waals surface area contributed by atoms with Crippen molar-refractivity contribution >= 4 is 0 Å². The molecule has 0 bridgehead atoms. The van der Waals surface area contributed by atoms with Crippen molar-refractivity contribution in [3.63, 3.8) is 0 Å². The third-order valence-electron chi connectivity index (χ3n) is 2.60. The Morgan fingerprint density at radius 1 is 1.62 bits per heavy atom. The Morgan fingerprint density at radius 2 is 2.46 bits per heavy atom. The summed E-state index contributed by atoms with van der Waals surface area (Å²) in [5.41, 5.74) is 1.10. The summed E-state index contributed by atoms with van der Waals surface area (Å²) in [5.74, 6) is 1.86. The summed E-state index contributed by atoms with van der Waals surface area (Å²) in [4.78, 5) is 4.48. The fourth-order valence-corrected chi connectivity index (χ4v) is 1.82. The lowest BCUT2D eigenvalue weighted by Gasteiger charge is -2.02. The minimum absolute atomic E-state index is 0.360. The van der Waals surface area contributed by atoms with Crippen molar-refractivity contribution in [2.75, 3.05) is 6.54 Å². The zero-order valence-corrected chi connectivity index (χ0v) is 8.26. The van der Waals surface area contributed by atoms with Crippen LogP contribution in [0.1, 0.15) is 43.2 Å².